The number of phenols is 1. The van der Waals surface area contributed by atoms with Gasteiger partial charge in [0, 0.05) is 24.6 Å². The lowest BCUT2D eigenvalue weighted by atomic mass is 10.1. The molecule has 1 heterocycles. The maximum absolute atomic E-state index is 12.1. The number of ether oxygens (including phenoxy) is 2. The summed E-state index contributed by atoms with van der Waals surface area (Å²) in [6.45, 7) is 3.37. The molecule has 162 valence electrons. The first kappa shape index (κ1) is 21.9. The highest BCUT2D eigenvalue weighted by atomic mass is 16.7. The van der Waals surface area contributed by atoms with Gasteiger partial charge in [-0.25, -0.2) is 4.79 Å². The molecule has 0 spiro atoms. The van der Waals surface area contributed by atoms with Gasteiger partial charge in [-0.05, 0) is 37.6 Å². The minimum absolute atomic E-state index is 0.0834. The summed E-state index contributed by atoms with van der Waals surface area (Å²) in [6, 6.07) is 9.80. The van der Waals surface area contributed by atoms with Gasteiger partial charge in [0.25, 0.3) is 0 Å². The Morgan fingerprint density at radius 3 is 2.35 bits per heavy atom. The Labute approximate surface area is 177 Å². The molecule has 3 aromatic rings. The highest BCUT2D eigenvalue weighted by Gasteiger charge is 2.16. The van der Waals surface area contributed by atoms with Gasteiger partial charge in [0.05, 0.1) is 10.9 Å². The molecule has 0 bridgehead atoms. The van der Waals surface area contributed by atoms with Crippen molar-refractivity contribution in [2.45, 2.75) is 39.4 Å². The number of hydrogen-bond acceptors (Lipinski definition) is 7. The van der Waals surface area contributed by atoms with Crippen molar-refractivity contribution in [2.75, 3.05) is 0 Å². The smallest absolute Gasteiger partial charge is 0.371 e. The third kappa shape index (κ3) is 5.22. The molecule has 3 rings (SSSR count). The summed E-state index contributed by atoms with van der Waals surface area (Å²) in [4.78, 5) is 34.7. The Hall–Kier alpha value is -3.81. The summed E-state index contributed by atoms with van der Waals surface area (Å²) in [7, 11) is 0. The van der Waals surface area contributed by atoms with Gasteiger partial charge in [-0.15, -0.1) is 0 Å². The van der Waals surface area contributed by atoms with Crippen LogP contribution in [0.15, 0.2) is 51.7 Å². The van der Waals surface area contributed by atoms with Gasteiger partial charge in [-0.3, -0.25) is 9.59 Å². The second-order valence-electron chi connectivity index (χ2n) is 6.98. The van der Waals surface area contributed by atoms with E-state index in [2.05, 4.69) is 0 Å². The van der Waals surface area contributed by atoms with Crippen LogP contribution in [0.4, 0.5) is 0 Å². The molecular formula is C23H22O8. The molecule has 0 amide bonds. The van der Waals surface area contributed by atoms with Crippen LogP contribution in [0.25, 0.3) is 11.0 Å². The molecule has 1 atom stereocenters. The second-order valence-corrected chi connectivity index (χ2v) is 6.98. The van der Waals surface area contributed by atoms with Crippen molar-refractivity contribution in [3.63, 3.8) is 0 Å². The number of phenolic OH excluding ortho intramolecular Hbond substituents is 1. The van der Waals surface area contributed by atoms with Gasteiger partial charge >= 0.3 is 5.97 Å². The van der Waals surface area contributed by atoms with Crippen molar-refractivity contribution in [1.29, 1.82) is 0 Å². The maximum Gasteiger partial charge on any atom is 0.371 e. The first-order valence-electron chi connectivity index (χ1n) is 9.77. The number of fused-ring (bicyclic) bond motifs is 1. The average molecular weight is 426 g/mol. The number of Topliss-reactive ketones (excluding diaryl/α,β-unsaturated/α-hetero) is 1. The second kappa shape index (κ2) is 9.34. The zero-order chi connectivity index (χ0) is 22.5. The Morgan fingerprint density at radius 2 is 1.74 bits per heavy atom. The van der Waals surface area contributed by atoms with E-state index in [1.165, 1.54) is 31.2 Å². The van der Waals surface area contributed by atoms with E-state index in [-0.39, 0.29) is 28.1 Å². The minimum Gasteiger partial charge on any atom is -0.507 e. The Bertz CT molecular complexity index is 1180. The molecular weight excluding hydrogens is 404 g/mol. The molecule has 2 N–H and O–H groups in total. The molecule has 0 saturated carbocycles. The van der Waals surface area contributed by atoms with Crippen molar-refractivity contribution in [2.24, 2.45) is 0 Å². The predicted molar refractivity (Wildman–Crippen MR) is 112 cm³/mol. The normalized spacial score (nSPS) is 11.8. The highest BCUT2D eigenvalue weighted by Crippen LogP contribution is 2.27. The van der Waals surface area contributed by atoms with E-state index in [1.807, 2.05) is 6.92 Å². The zero-order valence-corrected chi connectivity index (χ0v) is 17.1. The monoisotopic (exact) mass is 426 g/mol. The number of carbonyl (C=O) groups excluding carboxylic acids is 1. The van der Waals surface area contributed by atoms with E-state index >= 15 is 0 Å². The maximum atomic E-state index is 12.1. The lowest BCUT2D eigenvalue weighted by Gasteiger charge is -2.21. The van der Waals surface area contributed by atoms with Crippen LogP contribution in [-0.2, 0) is 0 Å². The van der Waals surface area contributed by atoms with Crippen molar-refractivity contribution in [3.05, 3.63) is 64.0 Å². The van der Waals surface area contributed by atoms with Crippen molar-refractivity contribution in [1.82, 2.24) is 0 Å². The number of hydrogen-bond donors (Lipinski definition) is 2. The number of aromatic hydroxyl groups is 1. The molecule has 0 saturated heterocycles. The molecule has 8 heteroatoms. The van der Waals surface area contributed by atoms with E-state index < -0.39 is 23.4 Å². The highest BCUT2D eigenvalue weighted by molar-refractivity contribution is 5.96. The molecule has 2 aromatic carbocycles. The van der Waals surface area contributed by atoms with Crippen molar-refractivity contribution < 1.29 is 33.7 Å². The zero-order valence-electron chi connectivity index (χ0n) is 17.1. The van der Waals surface area contributed by atoms with Gasteiger partial charge in [-0.2, -0.15) is 0 Å². The first-order chi connectivity index (χ1) is 14.8. The SMILES string of the molecule is CCCCC(Oc1ccc(C(C)=O)c(O)c1)Oc1ccc2c(=O)cc(C(=O)O)oc2c1. The minimum atomic E-state index is -1.34. The Morgan fingerprint density at radius 1 is 1.06 bits per heavy atom. The Kier molecular flexibility index (Phi) is 6.59. The van der Waals surface area contributed by atoms with E-state index in [4.69, 9.17) is 19.0 Å². The summed E-state index contributed by atoms with van der Waals surface area (Å²) in [5, 5.41) is 19.3. The van der Waals surface area contributed by atoms with Crippen LogP contribution in [0.5, 0.6) is 17.2 Å². The van der Waals surface area contributed by atoms with Gasteiger partial charge in [-0.1, -0.05) is 13.3 Å². The summed E-state index contributed by atoms with van der Waals surface area (Å²) >= 11 is 0. The van der Waals surface area contributed by atoms with Crippen LogP contribution < -0.4 is 14.9 Å². The van der Waals surface area contributed by atoms with E-state index in [1.54, 1.807) is 12.1 Å². The number of carbonyl (C=O) groups is 2. The summed E-state index contributed by atoms with van der Waals surface area (Å²) in [5.41, 5.74) is -0.192. The molecule has 1 unspecified atom stereocenters. The number of ketones is 1. The number of benzene rings is 2. The predicted octanol–water partition coefficient (Wildman–Crippen LogP) is 4.37. The van der Waals surface area contributed by atoms with Gasteiger partial charge in [0.2, 0.25) is 12.1 Å². The molecule has 0 aliphatic carbocycles. The number of unbranched alkanes of at least 4 members (excludes halogenated alkanes) is 1. The van der Waals surface area contributed by atoms with Gasteiger partial charge in [0.1, 0.15) is 22.8 Å². The average Bonchev–Trinajstić information content (AvgIpc) is 2.71. The molecule has 1 aromatic heterocycles. The third-order valence-corrected chi connectivity index (χ3v) is 4.59. The van der Waals surface area contributed by atoms with Gasteiger partial charge in [0.15, 0.2) is 11.2 Å². The van der Waals surface area contributed by atoms with Crippen LogP contribution >= 0.6 is 0 Å². The van der Waals surface area contributed by atoms with Crippen LogP contribution in [0.1, 0.15) is 54.0 Å². The van der Waals surface area contributed by atoms with Crippen LogP contribution in [0.2, 0.25) is 0 Å². The first-order valence-corrected chi connectivity index (χ1v) is 9.77. The number of carboxylic acid groups (broad SMARTS) is 1. The fourth-order valence-electron chi connectivity index (χ4n) is 3.01. The lowest BCUT2D eigenvalue weighted by molar-refractivity contribution is -0.00219. The summed E-state index contributed by atoms with van der Waals surface area (Å²) in [5.74, 6) is -1.61. The largest absolute Gasteiger partial charge is 0.507 e. The third-order valence-electron chi connectivity index (χ3n) is 4.59. The standard InChI is InChI=1S/C23H22O8/c1-3-4-5-22(29-14-6-8-16(13(2)24)18(25)10-14)30-15-7-9-17-19(26)12-21(23(27)28)31-20(17)11-15/h6-12,22,25H,3-5H2,1-2H3,(H,27,28). The van der Waals surface area contributed by atoms with E-state index in [0.29, 0.717) is 17.9 Å². The number of aromatic carboxylic acids is 1. The topological polar surface area (TPSA) is 123 Å². The summed E-state index contributed by atoms with van der Waals surface area (Å²) in [6.07, 6.45) is 1.50. The fourth-order valence-corrected chi connectivity index (χ4v) is 3.01. The van der Waals surface area contributed by atoms with E-state index in [0.717, 1.165) is 18.9 Å². The molecule has 0 fully saturated rings. The van der Waals surface area contributed by atoms with Gasteiger partial charge < -0.3 is 24.1 Å². The number of carboxylic acids is 1. The molecule has 8 nitrogen and oxygen atoms in total. The number of rotatable bonds is 9. The molecule has 0 aliphatic rings. The molecule has 0 aliphatic heterocycles. The van der Waals surface area contributed by atoms with Crippen LogP contribution in [0.3, 0.4) is 0 Å². The molecule has 31 heavy (non-hydrogen) atoms. The van der Waals surface area contributed by atoms with Crippen molar-refractivity contribution >= 4 is 22.7 Å². The van der Waals surface area contributed by atoms with Crippen LogP contribution in [-0.4, -0.2) is 28.3 Å². The quantitative estimate of drug-likeness (QED) is 0.382. The van der Waals surface area contributed by atoms with E-state index in [9.17, 15) is 19.5 Å². The van der Waals surface area contributed by atoms with Crippen molar-refractivity contribution in [3.8, 4) is 17.2 Å². The molecule has 0 radical (unpaired) electrons. The van der Waals surface area contributed by atoms with Crippen LogP contribution in [0, 0.1) is 0 Å². The lowest BCUT2D eigenvalue weighted by Crippen LogP contribution is -2.24. The fraction of sp³-hybridized carbons (Fsp3) is 0.261. The summed E-state index contributed by atoms with van der Waals surface area (Å²) < 4.78 is 17.1. The Balaban J connectivity index is 1.87.